The van der Waals surface area contributed by atoms with Gasteiger partial charge in [0, 0.05) is 5.56 Å². The minimum Gasteiger partial charge on any atom is -0.325 e. The molecule has 1 rings (SSSR count). The summed E-state index contributed by atoms with van der Waals surface area (Å²) in [5.74, 6) is 0. The lowest BCUT2D eigenvalue weighted by atomic mass is 10.0. The molecule has 0 amide bonds. The number of nitrogens with zero attached hydrogens (tertiary/aromatic N) is 1. The highest BCUT2D eigenvalue weighted by Crippen LogP contribution is 2.19. The van der Waals surface area contributed by atoms with Crippen molar-refractivity contribution < 1.29 is 4.48 Å². The van der Waals surface area contributed by atoms with E-state index in [0.29, 0.717) is 0 Å². The molecule has 174 valence electrons. The van der Waals surface area contributed by atoms with Crippen molar-refractivity contribution >= 4 is 0 Å². The van der Waals surface area contributed by atoms with E-state index in [0.717, 1.165) is 11.0 Å². The van der Waals surface area contributed by atoms with Crippen LogP contribution in [0.2, 0.25) is 0 Å². The average molecular weight is 417 g/mol. The maximum absolute atomic E-state index is 2.40. The highest BCUT2D eigenvalue weighted by atomic mass is 15.3. The molecular weight excluding hydrogens is 362 g/mol. The molecule has 0 saturated heterocycles. The number of aryl methyl sites for hydroxylation is 1. The molecule has 0 fully saturated rings. The molecule has 0 radical (unpaired) electrons. The van der Waals surface area contributed by atoms with E-state index in [2.05, 4.69) is 53.1 Å². The Hall–Kier alpha value is -0.820. The summed E-state index contributed by atoms with van der Waals surface area (Å²) in [6.07, 6.45) is 23.1. The first-order valence-electron chi connectivity index (χ1n) is 13.3. The number of rotatable bonds is 19. The molecule has 0 bridgehead atoms. The van der Waals surface area contributed by atoms with Gasteiger partial charge in [-0.05, 0) is 37.8 Å². The molecule has 0 spiro atoms. The quantitative estimate of drug-likeness (QED) is 0.156. The molecule has 0 unspecified atom stereocenters. The minimum atomic E-state index is 1.11. The topological polar surface area (TPSA) is 0 Å². The van der Waals surface area contributed by atoms with Crippen molar-refractivity contribution in [2.45, 2.75) is 130 Å². The van der Waals surface area contributed by atoms with Crippen molar-refractivity contribution in [3.05, 3.63) is 34.9 Å². The Labute approximate surface area is 190 Å². The third-order valence-corrected chi connectivity index (χ3v) is 6.93. The fraction of sp³-hybridized carbons (Fsp3) is 0.793. The van der Waals surface area contributed by atoms with Gasteiger partial charge in [0.1, 0.15) is 6.54 Å². The van der Waals surface area contributed by atoms with Crippen molar-refractivity contribution in [3.63, 3.8) is 0 Å². The van der Waals surface area contributed by atoms with Crippen LogP contribution in [-0.4, -0.2) is 25.1 Å². The predicted molar refractivity (Wildman–Crippen MR) is 136 cm³/mol. The van der Waals surface area contributed by atoms with Crippen LogP contribution in [0.15, 0.2) is 18.2 Å². The summed E-state index contributed by atoms with van der Waals surface area (Å²) in [6.45, 7) is 9.26. The van der Waals surface area contributed by atoms with E-state index in [9.17, 15) is 0 Å². The Balaban J connectivity index is 1.92. The summed E-state index contributed by atoms with van der Waals surface area (Å²) in [7, 11) is 4.79. The van der Waals surface area contributed by atoms with Gasteiger partial charge >= 0.3 is 0 Å². The lowest BCUT2D eigenvalue weighted by Crippen LogP contribution is -2.39. The second-order valence-electron chi connectivity index (χ2n) is 10.5. The molecule has 1 heteroatoms. The van der Waals surface area contributed by atoms with Crippen LogP contribution < -0.4 is 0 Å². The fourth-order valence-corrected chi connectivity index (χ4v) is 4.61. The van der Waals surface area contributed by atoms with Crippen LogP contribution in [-0.2, 0) is 6.54 Å². The lowest BCUT2D eigenvalue weighted by Gasteiger charge is -2.30. The Morgan fingerprint density at radius 3 is 1.50 bits per heavy atom. The molecule has 0 saturated carbocycles. The monoisotopic (exact) mass is 416 g/mol. The van der Waals surface area contributed by atoms with E-state index in [-0.39, 0.29) is 0 Å². The van der Waals surface area contributed by atoms with Gasteiger partial charge in [0.2, 0.25) is 0 Å². The van der Waals surface area contributed by atoms with Crippen LogP contribution in [0.3, 0.4) is 0 Å². The van der Waals surface area contributed by atoms with Gasteiger partial charge in [-0.15, -0.1) is 0 Å². The second kappa shape index (κ2) is 16.8. The van der Waals surface area contributed by atoms with E-state index in [1.807, 2.05) is 0 Å². The normalized spacial score (nSPS) is 11.9. The third-order valence-electron chi connectivity index (χ3n) is 6.93. The first kappa shape index (κ1) is 27.2. The minimum absolute atomic E-state index is 1.11. The molecule has 1 aromatic carbocycles. The predicted octanol–water partition coefficient (Wildman–Crippen LogP) is 9.14. The van der Waals surface area contributed by atoms with Crippen LogP contribution in [0, 0.1) is 13.8 Å². The molecule has 30 heavy (non-hydrogen) atoms. The van der Waals surface area contributed by atoms with Gasteiger partial charge in [-0.3, -0.25) is 0 Å². The highest BCUT2D eigenvalue weighted by molar-refractivity contribution is 5.32. The Morgan fingerprint density at radius 2 is 1.03 bits per heavy atom. The maximum atomic E-state index is 2.40. The molecule has 1 nitrogen and oxygen atoms in total. The summed E-state index contributed by atoms with van der Waals surface area (Å²) in [6, 6.07) is 6.76. The van der Waals surface area contributed by atoms with Gasteiger partial charge in [0.05, 0.1) is 20.6 Å². The zero-order valence-electron chi connectivity index (χ0n) is 21.4. The first-order valence-corrected chi connectivity index (χ1v) is 13.3. The SMILES string of the molecule is CCCCCCCCCCCCCCCCCC[N+](C)(C)Cc1cccc(C)c1C. The summed E-state index contributed by atoms with van der Waals surface area (Å²) in [5.41, 5.74) is 4.43. The molecule has 1 aromatic rings. The van der Waals surface area contributed by atoms with Crippen LogP contribution in [0.5, 0.6) is 0 Å². The Bertz CT molecular complexity index is 531. The smallest absolute Gasteiger partial charge is 0.104 e. The number of unbranched alkanes of at least 4 members (excludes halogenated alkanes) is 15. The first-order chi connectivity index (χ1) is 14.5. The molecule has 0 aliphatic rings. The van der Waals surface area contributed by atoms with Gasteiger partial charge in [-0.1, -0.05) is 115 Å². The summed E-state index contributed by atoms with van der Waals surface area (Å²) in [5, 5.41) is 0. The second-order valence-corrected chi connectivity index (χ2v) is 10.5. The largest absolute Gasteiger partial charge is 0.325 e. The summed E-state index contributed by atoms with van der Waals surface area (Å²) in [4.78, 5) is 0. The lowest BCUT2D eigenvalue weighted by molar-refractivity contribution is -0.903. The van der Waals surface area contributed by atoms with Crippen LogP contribution in [0.1, 0.15) is 126 Å². The van der Waals surface area contributed by atoms with Crippen molar-refractivity contribution in [2.75, 3.05) is 20.6 Å². The standard InChI is InChI=1S/C29H54N/c1-6-7-8-9-10-11-12-13-14-15-16-17-18-19-20-21-25-30(4,5)26-29-24-22-23-27(2)28(29)3/h22-24H,6-21,25-26H2,1-5H3/q+1. The summed E-state index contributed by atoms with van der Waals surface area (Å²) >= 11 is 0. The van der Waals surface area contributed by atoms with Crippen LogP contribution in [0.4, 0.5) is 0 Å². The molecule has 0 aliphatic heterocycles. The van der Waals surface area contributed by atoms with Gasteiger partial charge in [0.15, 0.2) is 0 Å². The van der Waals surface area contributed by atoms with E-state index < -0.39 is 0 Å². The molecule has 0 aliphatic carbocycles. The molecule has 0 aromatic heterocycles. The van der Waals surface area contributed by atoms with Crippen molar-refractivity contribution in [1.29, 1.82) is 0 Å². The van der Waals surface area contributed by atoms with Gasteiger partial charge < -0.3 is 4.48 Å². The van der Waals surface area contributed by atoms with Crippen LogP contribution in [0.25, 0.3) is 0 Å². The molecular formula is C29H54N+. The molecule has 0 atom stereocenters. The Kier molecular flexibility index (Phi) is 15.3. The van der Waals surface area contributed by atoms with E-state index in [4.69, 9.17) is 0 Å². The average Bonchev–Trinajstić information content (AvgIpc) is 2.71. The fourth-order valence-electron chi connectivity index (χ4n) is 4.61. The van der Waals surface area contributed by atoms with E-state index >= 15 is 0 Å². The Morgan fingerprint density at radius 1 is 0.600 bits per heavy atom. The van der Waals surface area contributed by atoms with Crippen molar-refractivity contribution in [1.82, 2.24) is 0 Å². The maximum Gasteiger partial charge on any atom is 0.104 e. The number of hydrogen-bond donors (Lipinski definition) is 0. The zero-order valence-corrected chi connectivity index (χ0v) is 21.4. The van der Waals surface area contributed by atoms with Gasteiger partial charge in [-0.25, -0.2) is 0 Å². The van der Waals surface area contributed by atoms with Gasteiger partial charge in [0.25, 0.3) is 0 Å². The molecule has 0 heterocycles. The highest BCUT2D eigenvalue weighted by Gasteiger charge is 2.17. The third kappa shape index (κ3) is 13.5. The van der Waals surface area contributed by atoms with Crippen molar-refractivity contribution in [2.24, 2.45) is 0 Å². The van der Waals surface area contributed by atoms with Gasteiger partial charge in [-0.2, -0.15) is 0 Å². The van der Waals surface area contributed by atoms with Crippen molar-refractivity contribution in [3.8, 4) is 0 Å². The number of hydrogen-bond acceptors (Lipinski definition) is 0. The summed E-state index contributed by atoms with van der Waals surface area (Å²) < 4.78 is 1.11. The zero-order chi connectivity index (χ0) is 22.1. The molecule has 0 N–H and O–H groups in total. The van der Waals surface area contributed by atoms with E-state index in [1.165, 1.54) is 126 Å². The number of quaternary nitrogens is 1. The van der Waals surface area contributed by atoms with Crippen LogP contribution >= 0.6 is 0 Å². The number of benzene rings is 1. The van der Waals surface area contributed by atoms with E-state index in [1.54, 1.807) is 0 Å².